The summed E-state index contributed by atoms with van der Waals surface area (Å²) in [4.78, 5) is 18.4. The van der Waals surface area contributed by atoms with E-state index in [0.717, 1.165) is 17.0 Å². The van der Waals surface area contributed by atoms with Gasteiger partial charge in [-0.25, -0.2) is 4.98 Å². The summed E-state index contributed by atoms with van der Waals surface area (Å²) in [5, 5.41) is 3.75. The molecule has 2 heterocycles. The molecule has 3 aromatic rings. The number of nitrogens with one attached hydrogen (secondary N) is 2. The van der Waals surface area contributed by atoms with E-state index in [-0.39, 0.29) is 5.91 Å². The average Bonchev–Trinajstić information content (AvgIpc) is 2.87. The number of nitrogens with zero attached hydrogens (tertiary/aromatic N) is 1. The number of fused-ring (bicyclic) bond motifs is 1. The third-order valence-corrected chi connectivity index (χ3v) is 2.80. The van der Waals surface area contributed by atoms with Crippen LogP contribution in [0.25, 0.3) is 10.9 Å². The van der Waals surface area contributed by atoms with Gasteiger partial charge in [0.1, 0.15) is 0 Å². The van der Waals surface area contributed by atoms with Gasteiger partial charge in [-0.05, 0) is 36.4 Å². The lowest BCUT2D eigenvalue weighted by molar-refractivity contribution is 0.102. The highest BCUT2D eigenvalue weighted by molar-refractivity contribution is 6.04. The molecule has 5 heteroatoms. The summed E-state index contributed by atoms with van der Waals surface area (Å²) in [7, 11) is 0. The summed E-state index contributed by atoms with van der Waals surface area (Å²) in [6, 6.07) is 10.0. The molecule has 3 rings (SSSR count). The first kappa shape index (κ1) is 11.4. The second-order valence-corrected chi connectivity index (χ2v) is 4.10. The van der Waals surface area contributed by atoms with Crippen LogP contribution < -0.4 is 5.32 Å². The molecule has 0 fully saturated rings. The lowest BCUT2D eigenvalue weighted by atomic mass is 10.2. The molecular formula is C14H10FN3O. The van der Waals surface area contributed by atoms with E-state index >= 15 is 0 Å². The number of H-pyrrole nitrogens is 1. The Kier molecular flexibility index (Phi) is 2.72. The normalized spacial score (nSPS) is 10.6. The number of aromatic nitrogens is 2. The number of benzene rings is 1. The molecular weight excluding hydrogens is 245 g/mol. The van der Waals surface area contributed by atoms with Gasteiger partial charge in [0.15, 0.2) is 0 Å². The van der Waals surface area contributed by atoms with Crippen molar-refractivity contribution in [3.8, 4) is 0 Å². The van der Waals surface area contributed by atoms with Gasteiger partial charge < -0.3 is 10.3 Å². The van der Waals surface area contributed by atoms with Crippen molar-refractivity contribution in [3.63, 3.8) is 0 Å². The van der Waals surface area contributed by atoms with E-state index in [1.165, 1.54) is 12.3 Å². The number of aromatic amines is 1. The zero-order valence-electron chi connectivity index (χ0n) is 9.85. The van der Waals surface area contributed by atoms with Crippen molar-refractivity contribution >= 4 is 22.5 Å². The van der Waals surface area contributed by atoms with Crippen LogP contribution in [0, 0.1) is 5.95 Å². The predicted molar refractivity (Wildman–Crippen MR) is 70.4 cm³/mol. The Labute approximate surface area is 108 Å². The van der Waals surface area contributed by atoms with Gasteiger partial charge in [0.25, 0.3) is 5.91 Å². The Morgan fingerprint density at radius 2 is 2.11 bits per heavy atom. The number of halogens is 1. The second kappa shape index (κ2) is 4.53. The van der Waals surface area contributed by atoms with E-state index in [1.807, 2.05) is 24.4 Å². The first-order valence-electron chi connectivity index (χ1n) is 5.72. The van der Waals surface area contributed by atoms with Crippen LogP contribution in [-0.2, 0) is 0 Å². The second-order valence-electron chi connectivity index (χ2n) is 4.10. The first-order chi connectivity index (χ1) is 9.22. The molecule has 1 amide bonds. The van der Waals surface area contributed by atoms with Crippen LogP contribution in [0.15, 0.2) is 48.8 Å². The Morgan fingerprint density at radius 1 is 1.21 bits per heavy atom. The topological polar surface area (TPSA) is 57.8 Å². The van der Waals surface area contributed by atoms with Crippen molar-refractivity contribution in [2.24, 2.45) is 0 Å². The highest BCUT2D eigenvalue weighted by atomic mass is 19.1. The number of amides is 1. The molecule has 0 saturated heterocycles. The first-order valence-corrected chi connectivity index (χ1v) is 5.72. The van der Waals surface area contributed by atoms with Crippen LogP contribution in [0.3, 0.4) is 0 Å². The maximum Gasteiger partial charge on any atom is 0.257 e. The zero-order chi connectivity index (χ0) is 13.2. The number of carbonyl (C=O) groups is 1. The fraction of sp³-hybridized carbons (Fsp3) is 0. The van der Waals surface area contributed by atoms with Gasteiger partial charge >= 0.3 is 0 Å². The number of rotatable bonds is 2. The minimum absolute atomic E-state index is 0.315. The smallest absolute Gasteiger partial charge is 0.257 e. The van der Waals surface area contributed by atoms with E-state index in [2.05, 4.69) is 15.3 Å². The van der Waals surface area contributed by atoms with Gasteiger partial charge in [-0.2, -0.15) is 4.39 Å². The molecule has 0 bridgehead atoms. The summed E-state index contributed by atoms with van der Waals surface area (Å²) in [5.74, 6) is -0.923. The lowest BCUT2D eigenvalue weighted by Gasteiger charge is -2.05. The molecule has 94 valence electrons. The number of hydrogen-bond acceptors (Lipinski definition) is 2. The zero-order valence-corrected chi connectivity index (χ0v) is 9.85. The molecule has 0 spiro atoms. The van der Waals surface area contributed by atoms with Crippen LogP contribution in [0.5, 0.6) is 0 Å². The Bertz CT molecular complexity index is 734. The van der Waals surface area contributed by atoms with Gasteiger partial charge in [-0.1, -0.05) is 0 Å². The van der Waals surface area contributed by atoms with Gasteiger partial charge in [-0.3, -0.25) is 4.79 Å². The number of pyridine rings is 1. The molecule has 1 aromatic carbocycles. The van der Waals surface area contributed by atoms with Crippen molar-refractivity contribution in [3.05, 3.63) is 60.3 Å². The standard InChI is InChI=1S/C14H10FN3O/c15-13-4-1-10(8-17-13)14(19)18-11-2-3-12-9(7-11)5-6-16-12/h1-8,16H,(H,18,19). The molecule has 19 heavy (non-hydrogen) atoms. The monoisotopic (exact) mass is 255 g/mol. The molecule has 0 radical (unpaired) electrons. The summed E-state index contributed by atoms with van der Waals surface area (Å²) in [6.07, 6.45) is 3.04. The van der Waals surface area contributed by atoms with E-state index in [1.54, 1.807) is 6.07 Å². The third kappa shape index (κ3) is 2.30. The Hall–Kier alpha value is -2.69. The molecule has 2 aromatic heterocycles. The van der Waals surface area contributed by atoms with Crippen LogP contribution in [0.4, 0.5) is 10.1 Å². The maximum atomic E-state index is 12.7. The summed E-state index contributed by atoms with van der Waals surface area (Å²) in [5.41, 5.74) is 2.00. The van der Waals surface area contributed by atoms with E-state index in [4.69, 9.17) is 0 Å². The molecule has 0 saturated carbocycles. The van der Waals surface area contributed by atoms with Crippen LogP contribution in [0.2, 0.25) is 0 Å². The molecule has 0 atom stereocenters. The van der Waals surface area contributed by atoms with Gasteiger partial charge in [-0.15, -0.1) is 0 Å². The lowest BCUT2D eigenvalue weighted by Crippen LogP contribution is -2.12. The molecule has 0 aliphatic rings. The van der Waals surface area contributed by atoms with Crippen LogP contribution in [0.1, 0.15) is 10.4 Å². The third-order valence-electron chi connectivity index (χ3n) is 2.80. The van der Waals surface area contributed by atoms with E-state index < -0.39 is 5.95 Å². The quantitative estimate of drug-likeness (QED) is 0.692. The van der Waals surface area contributed by atoms with Crippen LogP contribution >= 0.6 is 0 Å². The fourth-order valence-electron chi connectivity index (χ4n) is 1.84. The molecule has 0 unspecified atom stereocenters. The summed E-state index contributed by atoms with van der Waals surface area (Å²) >= 11 is 0. The van der Waals surface area contributed by atoms with E-state index in [9.17, 15) is 9.18 Å². The Morgan fingerprint density at radius 3 is 2.89 bits per heavy atom. The van der Waals surface area contributed by atoms with Crippen molar-refractivity contribution in [1.82, 2.24) is 9.97 Å². The van der Waals surface area contributed by atoms with Crippen molar-refractivity contribution in [2.75, 3.05) is 5.32 Å². The SMILES string of the molecule is O=C(Nc1ccc2[nH]ccc2c1)c1ccc(F)nc1. The fourth-order valence-corrected chi connectivity index (χ4v) is 1.84. The number of carbonyl (C=O) groups excluding carboxylic acids is 1. The maximum absolute atomic E-state index is 12.7. The molecule has 4 nitrogen and oxygen atoms in total. The predicted octanol–water partition coefficient (Wildman–Crippen LogP) is 2.95. The van der Waals surface area contributed by atoms with E-state index in [0.29, 0.717) is 11.3 Å². The summed E-state index contributed by atoms with van der Waals surface area (Å²) < 4.78 is 12.7. The van der Waals surface area contributed by atoms with Crippen molar-refractivity contribution < 1.29 is 9.18 Å². The largest absolute Gasteiger partial charge is 0.361 e. The minimum atomic E-state index is -0.606. The highest BCUT2D eigenvalue weighted by Crippen LogP contribution is 2.18. The summed E-state index contributed by atoms with van der Waals surface area (Å²) in [6.45, 7) is 0. The Balaban J connectivity index is 1.83. The van der Waals surface area contributed by atoms with Crippen LogP contribution in [-0.4, -0.2) is 15.9 Å². The number of hydrogen-bond donors (Lipinski definition) is 2. The van der Waals surface area contributed by atoms with Crippen molar-refractivity contribution in [2.45, 2.75) is 0 Å². The van der Waals surface area contributed by atoms with Gasteiger partial charge in [0, 0.05) is 29.0 Å². The van der Waals surface area contributed by atoms with Gasteiger partial charge in [0.05, 0.1) is 5.56 Å². The molecule has 0 aliphatic carbocycles. The molecule has 0 aliphatic heterocycles. The average molecular weight is 255 g/mol. The minimum Gasteiger partial charge on any atom is -0.361 e. The molecule has 2 N–H and O–H groups in total. The number of anilines is 1. The van der Waals surface area contributed by atoms with Crippen molar-refractivity contribution in [1.29, 1.82) is 0 Å². The van der Waals surface area contributed by atoms with Gasteiger partial charge in [0.2, 0.25) is 5.95 Å². The highest BCUT2D eigenvalue weighted by Gasteiger charge is 2.07.